The fourth-order valence-electron chi connectivity index (χ4n) is 1.51. The van der Waals surface area contributed by atoms with Crippen molar-refractivity contribution in [2.75, 3.05) is 19.6 Å². The van der Waals surface area contributed by atoms with Crippen LogP contribution in [0, 0.1) is 0 Å². The van der Waals surface area contributed by atoms with E-state index in [9.17, 15) is 14.4 Å². The fourth-order valence-corrected chi connectivity index (χ4v) is 1.51. The van der Waals surface area contributed by atoms with E-state index in [-0.39, 0.29) is 36.2 Å². The van der Waals surface area contributed by atoms with Gasteiger partial charge in [0.2, 0.25) is 17.7 Å². The molecule has 0 unspecified atom stereocenters. The van der Waals surface area contributed by atoms with Crippen LogP contribution in [0.25, 0.3) is 0 Å². The fraction of sp³-hybridized carbons (Fsp3) is 0.769. The molecule has 0 saturated carbocycles. The highest BCUT2D eigenvalue weighted by Crippen LogP contribution is 2.00. The van der Waals surface area contributed by atoms with Crippen LogP contribution in [0.5, 0.6) is 0 Å². The molecule has 0 spiro atoms. The maximum absolute atomic E-state index is 11.9. The molecule has 0 saturated heterocycles. The highest BCUT2D eigenvalue weighted by atomic mass is 16.2. The van der Waals surface area contributed by atoms with Crippen LogP contribution in [-0.2, 0) is 14.4 Å². The predicted molar refractivity (Wildman–Crippen MR) is 73.5 cm³/mol. The first-order valence-electron chi connectivity index (χ1n) is 6.49. The van der Waals surface area contributed by atoms with Crippen LogP contribution in [0.1, 0.15) is 41.0 Å². The van der Waals surface area contributed by atoms with Gasteiger partial charge in [0.15, 0.2) is 0 Å². The Morgan fingerprint density at radius 3 is 2.16 bits per heavy atom. The van der Waals surface area contributed by atoms with Crippen LogP contribution in [0.3, 0.4) is 0 Å². The highest BCUT2D eigenvalue weighted by Gasteiger charge is 2.19. The molecule has 3 amide bonds. The molecular weight excluding hydrogens is 246 g/mol. The topological polar surface area (TPSA) is 78.5 Å². The molecule has 6 heteroatoms. The summed E-state index contributed by atoms with van der Waals surface area (Å²) in [5, 5.41) is 5.37. The molecule has 0 fully saturated rings. The SMILES string of the molecule is CCN(CC(=O)NC(C)(C)C)C(=O)CCNC(C)=O. The normalized spacial score (nSPS) is 10.8. The molecule has 110 valence electrons. The number of rotatable bonds is 6. The third kappa shape index (κ3) is 9.04. The lowest BCUT2D eigenvalue weighted by atomic mass is 10.1. The van der Waals surface area contributed by atoms with Gasteiger partial charge in [0.25, 0.3) is 0 Å². The second-order valence-electron chi connectivity index (χ2n) is 5.44. The van der Waals surface area contributed by atoms with Crippen molar-refractivity contribution in [3.63, 3.8) is 0 Å². The lowest BCUT2D eigenvalue weighted by Crippen LogP contribution is -2.47. The van der Waals surface area contributed by atoms with Crippen LogP contribution in [0.15, 0.2) is 0 Å². The Kier molecular flexibility index (Phi) is 7.11. The van der Waals surface area contributed by atoms with Gasteiger partial charge in [-0.2, -0.15) is 0 Å². The Hall–Kier alpha value is -1.59. The average molecular weight is 271 g/mol. The summed E-state index contributed by atoms with van der Waals surface area (Å²) in [4.78, 5) is 35.8. The maximum Gasteiger partial charge on any atom is 0.240 e. The number of nitrogens with one attached hydrogen (secondary N) is 2. The van der Waals surface area contributed by atoms with Crippen LogP contribution in [-0.4, -0.2) is 47.8 Å². The van der Waals surface area contributed by atoms with Crippen molar-refractivity contribution in [1.29, 1.82) is 0 Å². The van der Waals surface area contributed by atoms with E-state index >= 15 is 0 Å². The third-order valence-corrected chi connectivity index (χ3v) is 2.30. The smallest absolute Gasteiger partial charge is 0.240 e. The number of nitrogens with zero attached hydrogens (tertiary/aromatic N) is 1. The summed E-state index contributed by atoms with van der Waals surface area (Å²) >= 11 is 0. The lowest BCUT2D eigenvalue weighted by molar-refractivity contribution is -0.136. The molecule has 0 heterocycles. The van der Waals surface area contributed by atoms with Gasteiger partial charge in [0.1, 0.15) is 0 Å². The second kappa shape index (κ2) is 7.76. The van der Waals surface area contributed by atoms with Crippen molar-refractivity contribution in [1.82, 2.24) is 15.5 Å². The largest absolute Gasteiger partial charge is 0.356 e. The molecule has 2 N–H and O–H groups in total. The Morgan fingerprint density at radius 1 is 1.16 bits per heavy atom. The minimum absolute atomic E-state index is 0.0483. The molecule has 0 aromatic rings. The number of likely N-dealkylation sites (N-methyl/N-ethyl adjacent to an activating group) is 1. The van der Waals surface area contributed by atoms with Crippen molar-refractivity contribution in [3.8, 4) is 0 Å². The number of hydrogen-bond acceptors (Lipinski definition) is 3. The van der Waals surface area contributed by atoms with E-state index in [1.54, 1.807) is 0 Å². The van der Waals surface area contributed by atoms with Crippen molar-refractivity contribution in [2.45, 2.75) is 46.6 Å². The monoisotopic (exact) mass is 271 g/mol. The zero-order valence-electron chi connectivity index (χ0n) is 12.5. The van der Waals surface area contributed by atoms with Gasteiger partial charge in [-0.1, -0.05) is 0 Å². The molecule has 0 aromatic carbocycles. The summed E-state index contributed by atoms with van der Waals surface area (Å²) in [6.07, 6.45) is 0.205. The van der Waals surface area contributed by atoms with E-state index in [1.807, 2.05) is 27.7 Å². The summed E-state index contributed by atoms with van der Waals surface area (Å²) in [6.45, 7) is 9.70. The summed E-state index contributed by atoms with van der Waals surface area (Å²) in [7, 11) is 0. The van der Waals surface area contributed by atoms with Gasteiger partial charge < -0.3 is 15.5 Å². The average Bonchev–Trinajstić information content (AvgIpc) is 2.22. The standard InChI is InChI=1S/C13H25N3O3/c1-6-16(9-11(18)15-13(3,4)5)12(19)7-8-14-10(2)17/h6-9H2,1-5H3,(H,14,17)(H,15,18). The van der Waals surface area contributed by atoms with Crippen molar-refractivity contribution >= 4 is 17.7 Å². The zero-order chi connectivity index (χ0) is 15.1. The lowest BCUT2D eigenvalue weighted by Gasteiger charge is -2.25. The van der Waals surface area contributed by atoms with Crippen LogP contribution < -0.4 is 10.6 Å². The van der Waals surface area contributed by atoms with E-state index in [0.29, 0.717) is 13.1 Å². The number of carbonyl (C=O) groups is 3. The summed E-state index contributed by atoms with van der Waals surface area (Å²) in [6, 6.07) is 0. The Balaban J connectivity index is 4.22. The molecule has 0 rings (SSSR count). The zero-order valence-corrected chi connectivity index (χ0v) is 12.5. The third-order valence-electron chi connectivity index (χ3n) is 2.30. The van der Waals surface area contributed by atoms with Gasteiger partial charge in [-0.05, 0) is 27.7 Å². The van der Waals surface area contributed by atoms with Gasteiger partial charge >= 0.3 is 0 Å². The molecule has 0 aliphatic carbocycles. The first-order chi connectivity index (χ1) is 8.65. The Morgan fingerprint density at radius 2 is 1.74 bits per heavy atom. The van der Waals surface area contributed by atoms with Crippen LogP contribution in [0.4, 0.5) is 0 Å². The van der Waals surface area contributed by atoms with Gasteiger partial charge in [0, 0.05) is 32.0 Å². The van der Waals surface area contributed by atoms with Gasteiger partial charge in [-0.3, -0.25) is 14.4 Å². The summed E-state index contributed by atoms with van der Waals surface area (Å²) < 4.78 is 0. The van der Waals surface area contributed by atoms with Crippen molar-refractivity contribution in [3.05, 3.63) is 0 Å². The summed E-state index contributed by atoms with van der Waals surface area (Å²) in [5.74, 6) is -0.483. The van der Waals surface area contributed by atoms with Crippen LogP contribution >= 0.6 is 0 Å². The van der Waals surface area contributed by atoms with Gasteiger partial charge in [-0.25, -0.2) is 0 Å². The minimum atomic E-state index is -0.310. The molecule has 0 bridgehead atoms. The Bertz CT molecular complexity index is 335. The number of carbonyl (C=O) groups excluding carboxylic acids is 3. The molecular formula is C13H25N3O3. The van der Waals surface area contributed by atoms with E-state index in [4.69, 9.17) is 0 Å². The first-order valence-corrected chi connectivity index (χ1v) is 6.49. The molecule has 0 atom stereocenters. The highest BCUT2D eigenvalue weighted by molar-refractivity contribution is 5.85. The van der Waals surface area contributed by atoms with E-state index in [0.717, 1.165) is 0 Å². The first kappa shape index (κ1) is 17.4. The molecule has 0 aliphatic heterocycles. The van der Waals surface area contributed by atoms with Gasteiger partial charge in [-0.15, -0.1) is 0 Å². The second-order valence-corrected chi connectivity index (χ2v) is 5.44. The van der Waals surface area contributed by atoms with E-state index in [2.05, 4.69) is 10.6 Å². The molecule has 19 heavy (non-hydrogen) atoms. The molecule has 0 aromatic heterocycles. The van der Waals surface area contributed by atoms with Crippen molar-refractivity contribution < 1.29 is 14.4 Å². The quantitative estimate of drug-likeness (QED) is 0.728. The summed E-state index contributed by atoms with van der Waals surface area (Å²) in [5.41, 5.74) is -0.310. The Labute approximate surface area is 114 Å². The predicted octanol–water partition coefficient (Wildman–Crippen LogP) is 0.276. The van der Waals surface area contributed by atoms with Crippen molar-refractivity contribution in [2.24, 2.45) is 0 Å². The molecule has 0 aliphatic rings. The van der Waals surface area contributed by atoms with E-state index < -0.39 is 0 Å². The number of hydrogen-bond donors (Lipinski definition) is 2. The molecule has 6 nitrogen and oxygen atoms in total. The number of amides is 3. The van der Waals surface area contributed by atoms with Crippen LogP contribution in [0.2, 0.25) is 0 Å². The minimum Gasteiger partial charge on any atom is -0.356 e. The molecule has 0 radical (unpaired) electrons. The maximum atomic E-state index is 11.9. The van der Waals surface area contributed by atoms with Gasteiger partial charge in [0.05, 0.1) is 6.54 Å². The van der Waals surface area contributed by atoms with E-state index in [1.165, 1.54) is 11.8 Å².